The maximum Gasteiger partial charge on any atom is 0.275 e. The van der Waals surface area contributed by atoms with E-state index in [9.17, 15) is 0 Å². The molecule has 1 aromatic heterocycles. The monoisotopic (exact) mass is 344 g/mol. The van der Waals surface area contributed by atoms with E-state index in [1.165, 1.54) is 21.0 Å². The van der Waals surface area contributed by atoms with E-state index in [0.717, 1.165) is 11.4 Å². The van der Waals surface area contributed by atoms with Gasteiger partial charge in [0.25, 0.3) is 5.01 Å². The van der Waals surface area contributed by atoms with Crippen molar-refractivity contribution in [2.45, 2.75) is 0 Å². The zero-order valence-corrected chi connectivity index (χ0v) is 14.7. The summed E-state index contributed by atoms with van der Waals surface area (Å²) in [5, 5.41) is 1.20. The van der Waals surface area contributed by atoms with Crippen LogP contribution >= 0.6 is 11.3 Å². The fourth-order valence-corrected chi connectivity index (χ4v) is 3.93. The second-order valence-electron chi connectivity index (χ2n) is 5.70. The van der Waals surface area contributed by atoms with Crippen LogP contribution in [0.2, 0.25) is 0 Å². The maximum atomic E-state index is 5.29. The van der Waals surface area contributed by atoms with E-state index in [1.807, 2.05) is 24.3 Å². The molecular weight excluding hydrogens is 326 g/mol. The van der Waals surface area contributed by atoms with Crippen molar-refractivity contribution in [2.24, 2.45) is 0 Å². The third kappa shape index (κ3) is 3.19. The average molecular weight is 344 g/mol. The van der Waals surface area contributed by atoms with E-state index in [4.69, 9.17) is 4.74 Å². The van der Waals surface area contributed by atoms with Gasteiger partial charge in [-0.25, -0.2) is 0 Å². The highest BCUT2D eigenvalue weighted by molar-refractivity contribution is 7.17. The Kier molecular flexibility index (Phi) is 4.32. The summed E-state index contributed by atoms with van der Waals surface area (Å²) < 4.78 is 7.55. The number of aromatic nitrogens is 1. The summed E-state index contributed by atoms with van der Waals surface area (Å²) in [7, 11) is 1.69. The van der Waals surface area contributed by atoms with Crippen LogP contribution in [0.25, 0.3) is 26.7 Å². The van der Waals surface area contributed by atoms with Gasteiger partial charge >= 0.3 is 0 Å². The largest absolute Gasteiger partial charge is 0.497 e. The molecule has 122 valence electrons. The summed E-state index contributed by atoms with van der Waals surface area (Å²) in [5.41, 5.74) is 3.57. The van der Waals surface area contributed by atoms with Crippen molar-refractivity contribution in [2.75, 3.05) is 7.11 Å². The number of hydrogen-bond donors (Lipinski definition) is 0. The predicted molar refractivity (Wildman–Crippen MR) is 103 cm³/mol. The molecule has 2 nitrogen and oxygen atoms in total. The van der Waals surface area contributed by atoms with Crippen LogP contribution in [0.15, 0.2) is 91.1 Å². The number of rotatable bonds is 4. The highest BCUT2D eigenvalue weighted by Gasteiger charge is 2.22. The second-order valence-corrected chi connectivity index (χ2v) is 6.73. The minimum absolute atomic E-state index is 0.870. The molecule has 0 saturated heterocycles. The Morgan fingerprint density at radius 2 is 1.36 bits per heavy atom. The van der Waals surface area contributed by atoms with Crippen LogP contribution in [0.3, 0.4) is 0 Å². The molecule has 1 heterocycles. The zero-order chi connectivity index (χ0) is 17.1. The third-order valence-electron chi connectivity index (χ3n) is 4.10. The smallest absolute Gasteiger partial charge is 0.275 e. The molecule has 0 radical (unpaired) electrons. The molecule has 0 aliphatic heterocycles. The third-order valence-corrected chi connectivity index (χ3v) is 5.29. The van der Waals surface area contributed by atoms with Crippen LogP contribution in [-0.4, -0.2) is 7.11 Å². The lowest BCUT2D eigenvalue weighted by Gasteiger charge is -2.00. The first-order valence-corrected chi connectivity index (χ1v) is 8.97. The fraction of sp³-hybridized carbons (Fsp3) is 0.0455. The van der Waals surface area contributed by atoms with Gasteiger partial charge in [0.15, 0.2) is 6.20 Å². The molecule has 0 saturated carbocycles. The van der Waals surface area contributed by atoms with Crippen LogP contribution in [0.1, 0.15) is 0 Å². The van der Waals surface area contributed by atoms with Crippen LogP contribution < -0.4 is 9.30 Å². The van der Waals surface area contributed by atoms with Crippen molar-refractivity contribution in [1.29, 1.82) is 0 Å². The Morgan fingerprint density at radius 3 is 2.00 bits per heavy atom. The van der Waals surface area contributed by atoms with Gasteiger partial charge in [-0.3, -0.25) is 0 Å². The Bertz CT molecular complexity index is 960. The molecule has 4 aromatic rings. The lowest BCUT2D eigenvalue weighted by Crippen LogP contribution is -2.29. The molecule has 4 rings (SSSR count). The van der Waals surface area contributed by atoms with Crippen molar-refractivity contribution < 1.29 is 9.30 Å². The lowest BCUT2D eigenvalue weighted by molar-refractivity contribution is -0.578. The first kappa shape index (κ1) is 15.6. The topological polar surface area (TPSA) is 13.1 Å². The summed E-state index contributed by atoms with van der Waals surface area (Å²) in [5.74, 6) is 0.870. The fourth-order valence-electron chi connectivity index (χ4n) is 2.80. The van der Waals surface area contributed by atoms with Crippen molar-refractivity contribution in [3.05, 3.63) is 91.1 Å². The molecule has 0 aliphatic rings. The Labute approximate surface area is 151 Å². The van der Waals surface area contributed by atoms with E-state index in [1.54, 1.807) is 18.4 Å². The number of benzene rings is 3. The van der Waals surface area contributed by atoms with Gasteiger partial charge < -0.3 is 4.74 Å². The van der Waals surface area contributed by atoms with Crippen molar-refractivity contribution in [3.8, 4) is 32.4 Å². The Balaban J connectivity index is 1.87. The van der Waals surface area contributed by atoms with E-state index in [2.05, 4.69) is 71.4 Å². The normalized spacial score (nSPS) is 10.6. The summed E-state index contributed by atoms with van der Waals surface area (Å²) in [6.07, 6.45) is 2.22. The number of hydrogen-bond acceptors (Lipinski definition) is 2. The van der Waals surface area contributed by atoms with Crippen LogP contribution in [0.4, 0.5) is 0 Å². The molecule has 0 N–H and O–H groups in total. The molecule has 3 heteroatoms. The first-order valence-electron chi connectivity index (χ1n) is 8.16. The minimum Gasteiger partial charge on any atom is -0.497 e. The van der Waals surface area contributed by atoms with Crippen LogP contribution in [0.5, 0.6) is 5.75 Å². The molecule has 3 aromatic carbocycles. The number of nitrogens with zero attached hydrogens (tertiary/aromatic N) is 1. The quantitative estimate of drug-likeness (QED) is 0.454. The number of ether oxygens (including phenoxy) is 1. The number of methoxy groups -OCH3 is 1. The molecule has 0 bridgehead atoms. The standard InChI is InChI=1S/C22H18NOS/c1-24-20-14-12-18(13-15-20)22-23(19-10-6-3-7-11-19)16-21(25-22)17-8-4-2-5-9-17/h2-16H,1H3/q+1. The molecule has 0 amide bonds. The molecule has 25 heavy (non-hydrogen) atoms. The van der Waals surface area contributed by atoms with E-state index in [-0.39, 0.29) is 0 Å². The van der Waals surface area contributed by atoms with E-state index < -0.39 is 0 Å². The molecule has 0 unspecified atom stereocenters. The maximum absolute atomic E-state index is 5.29. The van der Waals surface area contributed by atoms with E-state index >= 15 is 0 Å². The SMILES string of the molecule is COc1ccc(-c2sc(-c3ccccc3)c[n+]2-c2ccccc2)cc1. The lowest BCUT2D eigenvalue weighted by atomic mass is 10.2. The van der Waals surface area contributed by atoms with Gasteiger partial charge in [0.1, 0.15) is 10.6 Å². The highest BCUT2D eigenvalue weighted by Crippen LogP contribution is 2.32. The van der Waals surface area contributed by atoms with Gasteiger partial charge in [-0.05, 0) is 29.8 Å². The molecule has 0 atom stereocenters. The number of thiazole rings is 1. The second kappa shape index (κ2) is 6.91. The summed E-state index contributed by atoms with van der Waals surface area (Å²) in [6.45, 7) is 0. The minimum atomic E-state index is 0.870. The Hall–Kier alpha value is -2.91. The van der Waals surface area contributed by atoms with Gasteiger partial charge in [-0.2, -0.15) is 0 Å². The summed E-state index contributed by atoms with van der Waals surface area (Å²) >= 11 is 1.80. The Morgan fingerprint density at radius 1 is 0.720 bits per heavy atom. The molecule has 0 spiro atoms. The van der Waals surface area contributed by atoms with Gasteiger partial charge in [-0.1, -0.05) is 59.9 Å². The zero-order valence-electron chi connectivity index (χ0n) is 13.9. The molecule has 0 aliphatic carbocycles. The van der Waals surface area contributed by atoms with Crippen molar-refractivity contribution in [3.63, 3.8) is 0 Å². The van der Waals surface area contributed by atoms with Crippen LogP contribution in [0, 0.1) is 0 Å². The average Bonchev–Trinajstić information content (AvgIpc) is 3.15. The van der Waals surface area contributed by atoms with Gasteiger partial charge in [0, 0.05) is 12.1 Å². The van der Waals surface area contributed by atoms with Gasteiger partial charge in [0.05, 0.1) is 12.7 Å². The number of para-hydroxylation sites is 1. The van der Waals surface area contributed by atoms with Gasteiger partial charge in [0.2, 0.25) is 5.69 Å². The van der Waals surface area contributed by atoms with Crippen molar-refractivity contribution in [1.82, 2.24) is 0 Å². The molecular formula is C22H18NOS+. The van der Waals surface area contributed by atoms with E-state index in [0.29, 0.717) is 0 Å². The highest BCUT2D eigenvalue weighted by atomic mass is 32.1. The first-order chi connectivity index (χ1) is 12.3. The molecule has 0 fully saturated rings. The van der Waals surface area contributed by atoms with Crippen LogP contribution in [-0.2, 0) is 0 Å². The van der Waals surface area contributed by atoms with Crippen molar-refractivity contribution >= 4 is 11.3 Å². The summed E-state index contributed by atoms with van der Waals surface area (Å²) in [4.78, 5) is 1.25. The predicted octanol–water partition coefficient (Wildman–Crippen LogP) is 5.37. The summed E-state index contributed by atoms with van der Waals surface area (Å²) in [6, 6.07) is 29.2. The van der Waals surface area contributed by atoms with Gasteiger partial charge in [-0.15, -0.1) is 4.57 Å².